The lowest BCUT2D eigenvalue weighted by atomic mass is 9.76. The van der Waals surface area contributed by atoms with Crippen LogP contribution in [-0.2, 0) is 9.53 Å². The number of nitrogens with zero attached hydrogens (tertiary/aromatic N) is 3. The molecule has 0 spiro atoms. The SMILES string of the molecule is CCOC(=O)C1(NCCCN=[N+]=[N-])CCCC(C)C1. The zero-order valence-electron chi connectivity index (χ0n) is 11.9. The summed E-state index contributed by atoms with van der Waals surface area (Å²) in [4.78, 5) is 14.9. The van der Waals surface area contributed by atoms with Crippen molar-refractivity contribution in [1.29, 1.82) is 0 Å². The molecule has 0 saturated heterocycles. The van der Waals surface area contributed by atoms with Gasteiger partial charge in [-0.05, 0) is 44.2 Å². The molecule has 0 radical (unpaired) electrons. The molecule has 1 aliphatic rings. The molecule has 19 heavy (non-hydrogen) atoms. The first kappa shape index (κ1) is 15.8. The van der Waals surface area contributed by atoms with Gasteiger partial charge in [0.2, 0.25) is 0 Å². The van der Waals surface area contributed by atoms with Crippen LogP contribution < -0.4 is 5.32 Å². The minimum Gasteiger partial charge on any atom is -0.465 e. The molecular weight excluding hydrogens is 244 g/mol. The summed E-state index contributed by atoms with van der Waals surface area (Å²) in [5.41, 5.74) is 7.68. The van der Waals surface area contributed by atoms with E-state index in [-0.39, 0.29) is 5.97 Å². The average Bonchev–Trinajstić information content (AvgIpc) is 2.39. The van der Waals surface area contributed by atoms with E-state index in [0.717, 1.165) is 25.7 Å². The van der Waals surface area contributed by atoms with Crippen LogP contribution in [0.1, 0.15) is 46.0 Å². The second-order valence-corrected chi connectivity index (χ2v) is 5.24. The van der Waals surface area contributed by atoms with Crippen molar-refractivity contribution in [2.75, 3.05) is 19.7 Å². The largest absolute Gasteiger partial charge is 0.465 e. The van der Waals surface area contributed by atoms with Gasteiger partial charge in [0.05, 0.1) is 6.61 Å². The molecule has 1 fully saturated rings. The highest BCUT2D eigenvalue weighted by atomic mass is 16.5. The number of carbonyl (C=O) groups is 1. The number of ether oxygens (including phenoxy) is 1. The summed E-state index contributed by atoms with van der Waals surface area (Å²) in [6, 6.07) is 0. The lowest BCUT2D eigenvalue weighted by Crippen LogP contribution is -2.55. The number of rotatable bonds is 7. The molecule has 0 heterocycles. The topological polar surface area (TPSA) is 87.1 Å². The summed E-state index contributed by atoms with van der Waals surface area (Å²) >= 11 is 0. The lowest BCUT2D eigenvalue weighted by Gasteiger charge is -2.38. The highest BCUT2D eigenvalue weighted by molar-refractivity contribution is 5.81. The van der Waals surface area contributed by atoms with Crippen molar-refractivity contribution in [3.05, 3.63) is 10.4 Å². The van der Waals surface area contributed by atoms with Crippen LogP contribution in [0.2, 0.25) is 0 Å². The summed E-state index contributed by atoms with van der Waals surface area (Å²) in [5, 5.41) is 6.85. The highest BCUT2D eigenvalue weighted by Crippen LogP contribution is 2.33. The van der Waals surface area contributed by atoms with Gasteiger partial charge >= 0.3 is 5.97 Å². The predicted octanol–water partition coefficient (Wildman–Crippen LogP) is 2.79. The van der Waals surface area contributed by atoms with Gasteiger partial charge in [-0.25, -0.2) is 0 Å². The number of esters is 1. The third-order valence-electron chi connectivity index (χ3n) is 3.63. The van der Waals surface area contributed by atoms with Crippen molar-refractivity contribution < 1.29 is 9.53 Å². The predicted molar refractivity (Wildman–Crippen MR) is 73.6 cm³/mol. The van der Waals surface area contributed by atoms with Crippen LogP contribution in [0.3, 0.4) is 0 Å². The Balaban J connectivity index is 2.58. The molecule has 1 rings (SSSR count). The van der Waals surface area contributed by atoms with E-state index in [4.69, 9.17) is 10.3 Å². The molecule has 2 unspecified atom stereocenters. The van der Waals surface area contributed by atoms with Crippen molar-refractivity contribution in [1.82, 2.24) is 5.32 Å². The molecule has 1 aliphatic carbocycles. The molecule has 0 amide bonds. The van der Waals surface area contributed by atoms with Gasteiger partial charge < -0.3 is 10.1 Å². The maximum absolute atomic E-state index is 12.2. The first-order valence-corrected chi connectivity index (χ1v) is 7.07. The zero-order chi connectivity index (χ0) is 14.1. The van der Waals surface area contributed by atoms with E-state index in [1.807, 2.05) is 6.92 Å². The number of carbonyl (C=O) groups excluding carboxylic acids is 1. The van der Waals surface area contributed by atoms with Crippen LogP contribution in [0.4, 0.5) is 0 Å². The van der Waals surface area contributed by atoms with Crippen molar-refractivity contribution in [2.24, 2.45) is 11.0 Å². The molecule has 0 aromatic heterocycles. The van der Waals surface area contributed by atoms with Crippen molar-refractivity contribution >= 4 is 5.97 Å². The van der Waals surface area contributed by atoms with Crippen molar-refractivity contribution in [3.8, 4) is 0 Å². The third kappa shape index (κ3) is 4.73. The van der Waals surface area contributed by atoms with E-state index in [1.165, 1.54) is 6.42 Å². The van der Waals surface area contributed by atoms with Gasteiger partial charge in [-0.1, -0.05) is 24.9 Å². The van der Waals surface area contributed by atoms with Crippen molar-refractivity contribution in [3.63, 3.8) is 0 Å². The maximum atomic E-state index is 12.2. The first-order valence-electron chi connectivity index (χ1n) is 7.07. The molecular formula is C13H24N4O2. The van der Waals surface area contributed by atoms with Crippen LogP contribution in [0, 0.1) is 5.92 Å². The van der Waals surface area contributed by atoms with E-state index >= 15 is 0 Å². The Morgan fingerprint density at radius 1 is 1.63 bits per heavy atom. The van der Waals surface area contributed by atoms with E-state index < -0.39 is 5.54 Å². The molecule has 0 aliphatic heterocycles. The van der Waals surface area contributed by atoms with Gasteiger partial charge in [-0.2, -0.15) is 0 Å². The van der Waals surface area contributed by atoms with Crippen LogP contribution in [-0.4, -0.2) is 31.2 Å². The van der Waals surface area contributed by atoms with Crippen LogP contribution >= 0.6 is 0 Å². The van der Waals surface area contributed by atoms with Crippen LogP contribution in [0.25, 0.3) is 10.4 Å². The fourth-order valence-electron chi connectivity index (χ4n) is 2.76. The van der Waals surface area contributed by atoms with Gasteiger partial charge in [0, 0.05) is 11.5 Å². The van der Waals surface area contributed by atoms with Gasteiger partial charge in [0.1, 0.15) is 5.54 Å². The van der Waals surface area contributed by atoms with Crippen LogP contribution in [0.5, 0.6) is 0 Å². The molecule has 2 atom stereocenters. The quantitative estimate of drug-likeness (QED) is 0.253. The summed E-state index contributed by atoms with van der Waals surface area (Å²) < 4.78 is 5.23. The second-order valence-electron chi connectivity index (χ2n) is 5.24. The Morgan fingerprint density at radius 3 is 3.05 bits per heavy atom. The minimum absolute atomic E-state index is 0.134. The molecule has 1 saturated carbocycles. The number of azide groups is 1. The normalized spacial score (nSPS) is 26.5. The molecule has 0 bridgehead atoms. The van der Waals surface area contributed by atoms with Gasteiger partial charge in [0.15, 0.2) is 0 Å². The van der Waals surface area contributed by atoms with E-state index in [9.17, 15) is 4.79 Å². The minimum atomic E-state index is -0.538. The second kappa shape index (κ2) is 8.02. The first-order chi connectivity index (χ1) is 9.14. The lowest BCUT2D eigenvalue weighted by molar-refractivity contribution is -0.153. The number of hydrogen-bond donors (Lipinski definition) is 1. The van der Waals surface area contributed by atoms with E-state index in [2.05, 4.69) is 22.3 Å². The average molecular weight is 268 g/mol. The summed E-state index contributed by atoms with van der Waals surface area (Å²) in [7, 11) is 0. The van der Waals surface area contributed by atoms with E-state index in [1.54, 1.807) is 0 Å². The Kier molecular flexibility index (Phi) is 6.67. The molecule has 0 aromatic rings. The molecule has 6 heteroatoms. The monoisotopic (exact) mass is 268 g/mol. The Morgan fingerprint density at radius 2 is 2.42 bits per heavy atom. The smallest absolute Gasteiger partial charge is 0.326 e. The number of hydrogen-bond acceptors (Lipinski definition) is 4. The standard InChI is InChI=1S/C13H24N4O2/c1-3-19-12(18)13(7-4-6-11(2)10-13)15-8-5-9-16-17-14/h11,15H,3-10H2,1-2H3. The highest BCUT2D eigenvalue weighted by Gasteiger charge is 2.42. The summed E-state index contributed by atoms with van der Waals surface area (Å²) in [6.45, 7) is 5.55. The fourth-order valence-corrected chi connectivity index (χ4v) is 2.76. The Labute approximate surface area is 114 Å². The Hall–Kier alpha value is -1.26. The molecule has 0 aromatic carbocycles. The molecule has 108 valence electrons. The van der Waals surface area contributed by atoms with Gasteiger partial charge in [-0.15, -0.1) is 0 Å². The van der Waals surface area contributed by atoms with Crippen molar-refractivity contribution in [2.45, 2.75) is 51.5 Å². The summed E-state index contributed by atoms with van der Waals surface area (Å²) in [5.74, 6) is 0.396. The van der Waals surface area contributed by atoms with Crippen LogP contribution in [0.15, 0.2) is 5.11 Å². The molecule has 6 nitrogen and oxygen atoms in total. The zero-order valence-corrected chi connectivity index (χ0v) is 11.9. The Bertz CT molecular complexity index is 342. The van der Waals surface area contributed by atoms with E-state index in [0.29, 0.717) is 25.6 Å². The third-order valence-corrected chi connectivity index (χ3v) is 3.63. The number of nitrogens with one attached hydrogen (secondary N) is 1. The fraction of sp³-hybridized carbons (Fsp3) is 0.923. The van der Waals surface area contributed by atoms with Gasteiger partial charge in [-0.3, -0.25) is 4.79 Å². The summed E-state index contributed by atoms with van der Waals surface area (Å²) in [6.07, 6.45) is 4.61. The maximum Gasteiger partial charge on any atom is 0.326 e. The van der Waals surface area contributed by atoms with Gasteiger partial charge in [0.25, 0.3) is 0 Å². The molecule has 1 N–H and O–H groups in total.